The van der Waals surface area contributed by atoms with Crippen LogP contribution in [0.3, 0.4) is 0 Å². The van der Waals surface area contributed by atoms with Gasteiger partial charge < -0.3 is 49.5 Å². The Morgan fingerprint density at radius 3 is 1.58 bits per heavy atom. The Morgan fingerprint density at radius 1 is 0.570 bits per heavy atom. The summed E-state index contributed by atoms with van der Waals surface area (Å²) in [6.45, 7) is 11.6. The number of amides is 5. The van der Waals surface area contributed by atoms with Gasteiger partial charge in [0.15, 0.2) is 9.84 Å². The van der Waals surface area contributed by atoms with Gasteiger partial charge in [-0.15, -0.1) is 0 Å². The number of carbonyl (C=O) groups is 6. The normalized spacial score (nSPS) is 18.8. The van der Waals surface area contributed by atoms with Gasteiger partial charge in [0.1, 0.15) is 23.7 Å². The van der Waals surface area contributed by atoms with E-state index in [1.807, 2.05) is 107 Å². The van der Waals surface area contributed by atoms with Crippen molar-refractivity contribution < 1.29 is 59.8 Å². The first kappa shape index (κ1) is 73.4. The minimum Gasteiger partial charge on any atom is -0.469 e. The standard InChI is InChI=1S/C46H54N8O8S.C27H30BrN3O5S/c1-27(2)39(51-45(57)61-5)43(55)53-22-10-13-37(53)41-47-24-35(49-41)31-18-14-29(15-19-31)30-16-20-32(21-17-30)36-25-48-42(50-36)38-23-34(63(59,60)33-11-8-7-9-12-33)26-54(38)44(56)40(28(3)4)52-46(58)62-6;1-18(2)22(15-26(32)36-3)27(33)31-17-30(37(34,35)21-7-5-4-6-8-21)16-25(31)24-14-13-23(29-24)19-9-11-20(28)12-10-19/h7-9,11-12,14-21,24-25,27-28,34,37-40H,10,13,22-23,26H2,1-6H3,(H,47,49)(H,48,50)(H,51,57)(H,52,58);4-13,18,22,25H,14-17H2,1-3H3/t34?,37-,38-,39-,40-;22-,25-/m00/s1. The number of esters is 1. The third-order valence-electron chi connectivity index (χ3n) is 18.7. The second-order valence-electron chi connectivity index (χ2n) is 26.1. The summed E-state index contributed by atoms with van der Waals surface area (Å²) in [5.41, 5.74) is 7.71. The second-order valence-corrected chi connectivity index (χ2v) is 31.2. The summed E-state index contributed by atoms with van der Waals surface area (Å²) in [5, 5.41) is 4.41. The van der Waals surface area contributed by atoms with E-state index in [1.165, 1.54) is 30.5 Å². The number of aromatic nitrogens is 4. The number of alkyl carbamates (subject to hydrolysis) is 2. The number of hydrogen-bond donors (Lipinski definition) is 4. The number of sulfone groups is 1. The predicted octanol–water partition coefficient (Wildman–Crippen LogP) is 11.0. The molecule has 2 aromatic heterocycles. The molecule has 0 radical (unpaired) electrons. The molecule has 27 heteroatoms. The molecular formula is C73H84BrN11O13S2. The van der Waals surface area contributed by atoms with Crippen LogP contribution in [0.4, 0.5) is 9.59 Å². The summed E-state index contributed by atoms with van der Waals surface area (Å²) in [6.07, 6.45) is 6.16. The minimum absolute atomic E-state index is 0.0729. The smallest absolute Gasteiger partial charge is 0.407 e. The molecule has 3 saturated heterocycles. The molecule has 7 atom stereocenters. The number of H-pyrrole nitrogens is 2. The van der Waals surface area contributed by atoms with E-state index in [9.17, 15) is 45.6 Å². The van der Waals surface area contributed by atoms with Crippen LogP contribution >= 0.6 is 15.9 Å². The van der Waals surface area contributed by atoms with E-state index in [4.69, 9.17) is 19.2 Å². The van der Waals surface area contributed by atoms with E-state index in [2.05, 4.69) is 46.5 Å². The van der Waals surface area contributed by atoms with Crippen LogP contribution in [0.25, 0.3) is 39.3 Å². The summed E-state index contributed by atoms with van der Waals surface area (Å²) in [6, 6.07) is 37.0. The van der Waals surface area contributed by atoms with Crippen molar-refractivity contribution in [3.63, 3.8) is 0 Å². The number of sulfonamides is 1. The lowest BCUT2D eigenvalue weighted by Gasteiger charge is -2.30. The number of aliphatic imine (C=N–C) groups is 1. The van der Waals surface area contributed by atoms with Crippen molar-refractivity contribution in [3.8, 4) is 33.6 Å². The summed E-state index contributed by atoms with van der Waals surface area (Å²) in [5.74, 6) is -1.44. The number of likely N-dealkylation sites (tertiary alicyclic amines) is 2. The van der Waals surface area contributed by atoms with Crippen LogP contribution < -0.4 is 10.6 Å². The summed E-state index contributed by atoms with van der Waals surface area (Å²) >= 11 is 3.44. The van der Waals surface area contributed by atoms with Gasteiger partial charge in [-0.1, -0.05) is 161 Å². The number of imidazole rings is 2. The maximum Gasteiger partial charge on any atom is 0.407 e. The summed E-state index contributed by atoms with van der Waals surface area (Å²) in [4.78, 5) is 104. The monoisotopic (exact) mass is 1470 g/mol. The molecule has 6 heterocycles. The van der Waals surface area contributed by atoms with E-state index in [-0.39, 0.29) is 78.0 Å². The van der Waals surface area contributed by atoms with Crippen molar-refractivity contribution >= 4 is 83.1 Å². The van der Waals surface area contributed by atoms with Crippen molar-refractivity contribution in [3.05, 3.63) is 174 Å². The van der Waals surface area contributed by atoms with Gasteiger partial charge in [-0.2, -0.15) is 4.31 Å². The van der Waals surface area contributed by atoms with Gasteiger partial charge in [0.2, 0.25) is 27.7 Å². The van der Waals surface area contributed by atoms with E-state index in [0.29, 0.717) is 30.3 Å². The number of halogens is 1. The number of nitrogens with one attached hydrogen (secondary N) is 4. The molecule has 24 nitrogen and oxygen atoms in total. The average molecular weight is 1470 g/mol. The largest absolute Gasteiger partial charge is 0.469 e. The molecule has 4 aliphatic rings. The SMILES string of the molecule is COC(=O)C[C@H](C(=O)N1CN(S(=O)(=O)c2ccccc2)C[C@H]1C1=NC(c2ccc(Br)cc2)=CC1)C(C)C.COC(=O)N[C@H](C(=O)N1CCC[C@H]1c1ncc(-c2ccc(-c3ccc(-c4cnc([C@@H]5CC(S(=O)(=O)c6ccccc6)CN5C(=O)[C@@H](NC(=O)OC)C(C)C)[nH]4)cc3)cc2)[nH]1)C(C)C. The number of ether oxygens (including phenoxy) is 3. The van der Waals surface area contributed by atoms with Crippen LogP contribution in [-0.4, -0.2) is 168 Å². The number of allylic oxidation sites excluding steroid dienone is 1. The number of carbonyl (C=O) groups excluding carboxylic acids is 6. The molecule has 0 aliphatic carbocycles. The lowest BCUT2D eigenvalue weighted by molar-refractivity contribution is -0.148. The van der Waals surface area contributed by atoms with Crippen molar-refractivity contribution in [2.45, 2.75) is 119 Å². The van der Waals surface area contributed by atoms with Crippen LogP contribution in [0.15, 0.2) is 171 Å². The number of methoxy groups -OCH3 is 3. The molecule has 4 N–H and O–H groups in total. The molecule has 5 amide bonds. The number of hydrogen-bond acceptors (Lipinski definition) is 16. The lowest BCUT2D eigenvalue weighted by Crippen LogP contribution is -2.51. The van der Waals surface area contributed by atoms with Gasteiger partial charge in [-0.25, -0.2) is 36.4 Å². The molecule has 1 unspecified atom stereocenters. The van der Waals surface area contributed by atoms with E-state index in [0.717, 1.165) is 62.2 Å². The fraction of sp³-hybridized carbons (Fsp3) is 0.384. The Bertz CT molecular complexity index is 4380. The van der Waals surface area contributed by atoms with Crippen LogP contribution in [0.5, 0.6) is 0 Å². The van der Waals surface area contributed by atoms with Crippen LogP contribution in [0, 0.1) is 23.7 Å². The van der Waals surface area contributed by atoms with E-state index >= 15 is 0 Å². The van der Waals surface area contributed by atoms with Crippen LogP contribution in [-0.2, 0) is 53.2 Å². The molecule has 3 fully saturated rings. The molecule has 5 aromatic carbocycles. The fourth-order valence-corrected chi connectivity index (χ4v) is 16.4. The highest BCUT2D eigenvalue weighted by Crippen LogP contribution is 2.40. The molecule has 11 rings (SSSR count). The van der Waals surface area contributed by atoms with Gasteiger partial charge in [-0.05, 0) is 101 Å². The number of benzene rings is 5. The van der Waals surface area contributed by atoms with Crippen molar-refractivity contribution in [1.82, 2.24) is 49.6 Å². The van der Waals surface area contributed by atoms with E-state index in [1.54, 1.807) is 96.7 Å². The first-order chi connectivity index (χ1) is 47.8. The molecule has 4 aliphatic heterocycles. The molecule has 0 spiro atoms. The maximum absolute atomic E-state index is 14.1. The van der Waals surface area contributed by atoms with Gasteiger partial charge in [-0.3, -0.25) is 24.2 Å². The third-order valence-corrected chi connectivity index (χ3v) is 23.2. The molecular weight excluding hydrogens is 1380 g/mol. The third kappa shape index (κ3) is 16.4. The highest BCUT2D eigenvalue weighted by atomic mass is 79.9. The topological polar surface area (TPSA) is 305 Å². The quantitative estimate of drug-likeness (QED) is 0.0384. The minimum atomic E-state index is -3.84. The van der Waals surface area contributed by atoms with Crippen molar-refractivity contribution in [2.24, 2.45) is 28.7 Å². The Hall–Kier alpha value is -9.31. The van der Waals surface area contributed by atoms with Crippen molar-refractivity contribution in [1.29, 1.82) is 0 Å². The average Bonchev–Trinajstić information content (AvgIpc) is 1.66. The Labute approximate surface area is 591 Å². The molecule has 7 aromatic rings. The predicted molar refractivity (Wildman–Crippen MR) is 381 cm³/mol. The zero-order valence-corrected chi connectivity index (χ0v) is 60.4. The Balaban J connectivity index is 0.000000248. The van der Waals surface area contributed by atoms with Crippen molar-refractivity contribution in [2.75, 3.05) is 47.6 Å². The summed E-state index contributed by atoms with van der Waals surface area (Å²) < 4.78 is 71.2. The number of nitrogens with zero attached hydrogens (tertiary/aromatic N) is 7. The summed E-state index contributed by atoms with van der Waals surface area (Å²) in [7, 11) is -3.86. The highest BCUT2D eigenvalue weighted by molar-refractivity contribution is 9.10. The lowest BCUT2D eigenvalue weighted by atomic mass is 9.90. The maximum atomic E-state index is 14.1. The Kier molecular flexibility index (Phi) is 23.4. The molecule has 0 saturated carbocycles. The second kappa shape index (κ2) is 31.9. The van der Waals surface area contributed by atoms with Crippen LogP contribution in [0.1, 0.15) is 103 Å². The van der Waals surface area contributed by atoms with Gasteiger partial charge in [0.05, 0.1) is 103 Å². The van der Waals surface area contributed by atoms with Gasteiger partial charge in [0.25, 0.3) is 0 Å². The number of rotatable bonds is 21. The number of aromatic amines is 2. The molecule has 0 bridgehead atoms. The van der Waals surface area contributed by atoms with Gasteiger partial charge >= 0.3 is 18.2 Å². The molecule has 528 valence electrons. The van der Waals surface area contributed by atoms with Crippen LogP contribution in [0.2, 0.25) is 0 Å². The molecule has 100 heavy (non-hydrogen) atoms. The van der Waals surface area contributed by atoms with E-state index < -0.39 is 79.3 Å². The fourth-order valence-electron chi connectivity index (χ4n) is 13.0. The first-order valence-electron chi connectivity index (χ1n) is 33.2. The highest BCUT2D eigenvalue weighted by Gasteiger charge is 2.48. The first-order valence-corrected chi connectivity index (χ1v) is 37.0. The zero-order valence-electron chi connectivity index (χ0n) is 57.2. The Morgan fingerprint density at radius 2 is 1.07 bits per heavy atom. The zero-order chi connectivity index (χ0) is 71.7. The van der Waals surface area contributed by atoms with Gasteiger partial charge in [0, 0.05) is 36.2 Å².